The minimum atomic E-state index is -0.514. The fourth-order valence-electron chi connectivity index (χ4n) is 4.21. The van der Waals surface area contributed by atoms with E-state index in [1.54, 1.807) is 26.0 Å². The molecule has 2 aromatic heterocycles. The average Bonchev–Trinajstić information content (AvgIpc) is 3.51. The third-order valence-corrected chi connectivity index (χ3v) is 7.81. The summed E-state index contributed by atoms with van der Waals surface area (Å²) in [6.45, 7) is 15.5. The molecule has 0 saturated carbocycles. The van der Waals surface area contributed by atoms with Gasteiger partial charge in [-0.25, -0.2) is 0 Å². The Balaban J connectivity index is 0.000000185. The van der Waals surface area contributed by atoms with Crippen LogP contribution in [0.5, 0.6) is 0 Å². The fraction of sp³-hybridized carbons (Fsp3) is 0.357. The number of aryl methyl sites for hydroxylation is 4. The Bertz CT molecular complexity index is 1630. The van der Waals surface area contributed by atoms with Crippen LogP contribution in [0.2, 0.25) is 0 Å². The van der Waals surface area contributed by atoms with Gasteiger partial charge in [-0.05, 0) is 79.2 Å². The smallest absolute Gasteiger partial charge is 0.399 e. The topological polar surface area (TPSA) is 209 Å². The minimum Gasteiger partial charge on any atom is -0.399 e. The van der Waals surface area contributed by atoms with E-state index < -0.39 is 9.85 Å². The quantitative estimate of drug-likeness (QED) is 0.111. The highest BCUT2D eigenvalue weighted by Gasteiger charge is 2.53. The van der Waals surface area contributed by atoms with Gasteiger partial charge in [0.15, 0.2) is 0 Å². The minimum absolute atomic E-state index is 0.0700. The molecule has 0 bridgehead atoms. The number of nitrogens with two attached hydrogens (primary N) is 2. The van der Waals surface area contributed by atoms with Crippen molar-refractivity contribution in [1.82, 2.24) is 10.3 Å². The van der Waals surface area contributed by atoms with E-state index in [0.717, 1.165) is 22.5 Å². The van der Waals surface area contributed by atoms with E-state index in [-0.39, 0.29) is 41.1 Å². The summed E-state index contributed by atoms with van der Waals surface area (Å²) in [5.41, 5.74) is 14.3. The predicted molar refractivity (Wildman–Crippen MR) is 169 cm³/mol. The number of nitro groups is 2. The van der Waals surface area contributed by atoms with Crippen molar-refractivity contribution >= 4 is 51.3 Å². The molecule has 1 saturated heterocycles. The summed E-state index contributed by atoms with van der Waals surface area (Å²) in [6.07, 6.45) is 0. The lowest BCUT2D eigenvalue weighted by atomic mass is 9.77. The number of nitrogen functional groups attached to an aromatic ring is 2. The van der Waals surface area contributed by atoms with Gasteiger partial charge < -0.3 is 29.8 Å². The van der Waals surface area contributed by atoms with Crippen molar-refractivity contribution in [3.63, 3.8) is 0 Å². The van der Waals surface area contributed by atoms with Crippen LogP contribution in [0.1, 0.15) is 50.6 Å². The first-order valence-electron chi connectivity index (χ1n) is 13.3. The van der Waals surface area contributed by atoms with Gasteiger partial charge in [-0.2, -0.15) is 0 Å². The number of rotatable bonds is 4. The van der Waals surface area contributed by atoms with Gasteiger partial charge in [0.05, 0.1) is 32.4 Å². The van der Waals surface area contributed by atoms with Crippen molar-refractivity contribution in [3.05, 3.63) is 84.0 Å². The molecular weight excluding hydrogens is 639 g/mol. The third-order valence-electron chi connectivity index (χ3n) is 7.32. The molecule has 2 aromatic carbocycles. The molecule has 0 unspecified atom stereocenters. The number of nitrogens with zero attached hydrogens (tertiary/aromatic N) is 4. The zero-order valence-electron chi connectivity index (χ0n) is 25.6. The summed E-state index contributed by atoms with van der Waals surface area (Å²) in [6, 6.07) is 9.18. The van der Waals surface area contributed by atoms with E-state index in [1.807, 2.05) is 41.5 Å². The highest BCUT2D eigenvalue weighted by Crippen LogP contribution is 2.37. The van der Waals surface area contributed by atoms with E-state index in [2.05, 4.69) is 26.2 Å². The van der Waals surface area contributed by atoms with Crippen LogP contribution < -0.4 is 16.9 Å². The van der Waals surface area contributed by atoms with Gasteiger partial charge in [0, 0.05) is 27.6 Å². The largest absolute Gasteiger partial charge is 0.500 e. The molecule has 0 amide bonds. The Hall–Kier alpha value is -4.28. The number of aromatic nitrogens is 2. The number of hydrogen-bond donors (Lipinski definition) is 2. The number of halogens is 1. The van der Waals surface area contributed by atoms with Crippen LogP contribution in [0.3, 0.4) is 0 Å². The number of nitro benzene ring substituents is 2. The van der Waals surface area contributed by atoms with Crippen LogP contribution in [-0.2, 0) is 9.31 Å². The van der Waals surface area contributed by atoms with Crippen molar-refractivity contribution in [2.45, 2.75) is 66.6 Å². The van der Waals surface area contributed by atoms with Crippen molar-refractivity contribution in [1.29, 1.82) is 0 Å². The van der Waals surface area contributed by atoms with Gasteiger partial charge in [0.1, 0.15) is 22.9 Å². The second-order valence-electron chi connectivity index (χ2n) is 11.0. The van der Waals surface area contributed by atoms with E-state index in [4.69, 9.17) is 29.8 Å². The number of anilines is 2. The SMILES string of the molecule is Cc1noc(C)c1-c1ccc(N)c([N+](=O)[O-])c1.Cc1noc(C)c1B1OC(C)(C)C(C)(C)O1.Nc1ccc(Br)cc1[N+](=O)[O-]. The molecular formula is C28H34BBrN6O8. The predicted octanol–water partition coefficient (Wildman–Crippen LogP) is 5.98. The molecule has 234 valence electrons. The molecule has 4 aromatic rings. The Labute approximate surface area is 262 Å². The molecule has 5 rings (SSSR count). The van der Waals surface area contributed by atoms with Crippen molar-refractivity contribution in [2.75, 3.05) is 11.5 Å². The Morgan fingerprint density at radius 2 is 1.25 bits per heavy atom. The summed E-state index contributed by atoms with van der Waals surface area (Å²) in [5.74, 6) is 1.39. The first kappa shape index (κ1) is 34.2. The van der Waals surface area contributed by atoms with Gasteiger partial charge in [0.25, 0.3) is 11.4 Å². The highest BCUT2D eigenvalue weighted by atomic mass is 79.9. The Morgan fingerprint density at radius 1 is 0.773 bits per heavy atom. The van der Waals surface area contributed by atoms with Gasteiger partial charge in [-0.3, -0.25) is 20.2 Å². The standard InChI is InChI=1S/C11H18BNO3.C11H11N3O3.C6H5BrN2O2/c1-7-9(8(2)14-13-7)12-15-10(3,4)11(5,6)16-12;1-6-11(7(2)17-13-6)8-3-4-9(12)10(5-8)14(15)16;7-4-1-2-5(8)6(3-4)9(10)11/h1-6H3;3-5H,12H2,1-2H3;1-3H,8H2. The molecule has 0 aliphatic carbocycles. The lowest BCUT2D eigenvalue weighted by Crippen LogP contribution is -2.41. The van der Waals surface area contributed by atoms with Gasteiger partial charge in [-0.1, -0.05) is 32.3 Å². The molecule has 3 heterocycles. The highest BCUT2D eigenvalue weighted by molar-refractivity contribution is 9.10. The zero-order chi connectivity index (χ0) is 33.1. The van der Waals surface area contributed by atoms with Crippen LogP contribution in [-0.4, -0.2) is 38.5 Å². The first-order valence-corrected chi connectivity index (χ1v) is 14.1. The summed E-state index contributed by atoms with van der Waals surface area (Å²) < 4.78 is 22.7. The van der Waals surface area contributed by atoms with Crippen LogP contribution in [0.15, 0.2) is 49.9 Å². The molecule has 14 nitrogen and oxygen atoms in total. The number of benzene rings is 2. The molecule has 0 radical (unpaired) electrons. The maximum absolute atomic E-state index is 10.8. The molecule has 0 spiro atoms. The zero-order valence-corrected chi connectivity index (χ0v) is 27.2. The summed E-state index contributed by atoms with van der Waals surface area (Å²) in [5, 5.41) is 28.8. The van der Waals surface area contributed by atoms with E-state index in [1.165, 1.54) is 24.3 Å². The molecule has 4 N–H and O–H groups in total. The first-order chi connectivity index (χ1) is 20.4. The maximum atomic E-state index is 10.8. The molecule has 44 heavy (non-hydrogen) atoms. The fourth-order valence-corrected chi connectivity index (χ4v) is 4.56. The lowest BCUT2D eigenvalue weighted by Gasteiger charge is -2.32. The van der Waals surface area contributed by atoms with Crippen molar-refractivity contribution in [3.8, 4) is 11.1 Å². The van der Waals surface area contributed by atoms with Gasteiger partial charge >= 0.3 is 7.12 Å². The normalized spacial score (nSPS) is 14.7. The second kappa shape index (κ2) is 13.2. The van der Waals surface area contributed by atoms with E-state index in [0.29, 0.717) is 21.5 Å². The van der Waals surface area contributed by atoms with Crippen molar-refractivity contribution in [2.24, 2.45) is 0 Å². The maximum Gasteiger partial charge on any atom is 0.500 e. The van der Waals surface area contributed by atoms with Crippen molar-refractivity contribution < 1.29 is 28.2 Å². The molecule has 1 fully saturated rings. The van der Waals surface area contributed by atoms with E-state index in [9.17, 15) is 20.2 Å². The van der Waals surface area contributed by atoms with Crippen LogP contribution in [0, 0.1) is 47.9 Å². The molecule has 1 aliphatic heterocycles. The lowest BCUT2D eigenvalue weighted by molar-refractivity contribution is -0.384. The summed E-state index contributed by atoms with van der Waals surface area (Å²) in [7, 11) is -0.378. The monoisotopic (exact) mass is 672 g/mol. The van der Waals surface area contributed by atoms with Crippen LogP contribution in [0.4, 0.5) is 22.7 Å². The molecule has 1 aliphatic rings. The molecule has 16 heteroatoms. The van der Waals surface area contributed by atoms with Crippen LogP contribution >= 0.6 is 15.9 Å². The van der Waals surface area contributed by atoms with E-state index >= 15 is 0 Å². The summed E-state index contributed by atoms with van der Waals surface area (Å²) >= 11 is 3.10. The Morgan fingerprint density at radius 3 is 1.68 bits per heavy atom. The van der Waals surface area contributed by atoms with Crippen LogP contribution in [0.25, 0.3) is 11.1 Å². The van der Waals surface area contributed by atoms with Gasteiger partial charge in [-0.15, -0.1) is 0 Å². The second-order valence-corrected chi connectivity index (χ2v) is 11.9. The molecule has 0 atom stereocenters. The average molecular weight is 673 g/mol. The number of hydrogen-bond acceptors (Lipinski definition) is 12. The summed E-state index contributed by atoms with van der Waals surface area (Å²) in [4.78, 5) is 20.1. The Kier molecular flexibility index (Phi) is 10.2. The third kappa shape index (κ3) is 7.43. The van der Waals surface area contributed by atoms with Gasteiger partial charge in [0.2, 0.25) is 0 Å².